The highest BCUT2D eigenvalue weighted by Crippen LogP contribution is 2.63. The fourth-order valence-electron chi connectivity index (χ4n) is 15.3. The van der Waals surface area contributed by atoms with Gasteiger partial charge in [-0.15, -0.1) is 11.3 Å². The van der Waals surface area contributed by atoms with E-state index in [4.69, 9.17) is 0 Å². The maximum atomic E-state index is 2.76. The summed E-state index contributed by atoms with van der Waals surface area (Å²) < 4.78 is 2.79. The molecule has 1 fully saturated rings. The van der Waals surface area contributed by atoms with Gasteiger partial charge in [-0.1, -0.05) is 227 Å². The molecule has 0 radical (unpaired) electrons. The Bertz CT molecular complexity index is 3950. The minimum Gasteiger partial charge on any atom is -0.311 e. The molecule has 418 valence electrons. The van der Waals surface area contributed by atoms with Crippen LogP contribution in [0.2, 0.25) is 0 Å². The van der Waals surface area contributed by atoms with Crippen molar-refractivity contribution in [3.05, 3.63) is 196 Å². The lowest BCUT2D eigenvalue weighted by Crippen LogP contribution is -2.64. The van der Waals surface area contributed by atoms with Crippen molar-refractivity contribution in [1.82, 2.24) is 0 Å². The molecule has 9 aromatic rings. The van der Waals surface area contributed by atoms with Crippen LogP contribution in [0, 0.1) is 5.41 Å². The van der Waals surface area contributed by atoms with Gasteiger partial charge < -0.3 is 9.80 Å². The van der Waals surface area contributed by atoms with Gasteiger partial charge in [0.05, 0.1) is 5.69 Å². The molecule has 3 atom stereocenters. The Labute approximate surface area is 496 Å². The summed E-state index contributed by atoms with van der Waals surface area (Å²) in [6.45, 7) is 40.8. The topological polar surface area (TPSA) is 6.48 Å². The van der Waals surface area contributed by atoms with E-state index in [2.05, 4.69) is 279 Å². The van der Waals surface area contributed by atoms with E-state index in [9.17, 15) is 0 Å². The van der Waals surface area contributed by atoms with Crippen LogP contribution >= 0.6 is 11.3 Å². The fraction of sp³-hybridized carbons (Fsp3) is 0.385. The molecular formula is C78H87BN2S. The molecule has 0 N–H and O–H groups in total. The van der Waals surface area contributed by atoms with Gasteiger partial charge in [0.2, 0.25) is 6.71 Å². The summed E-state index contributed by atoms with van der Waals surface area (Å²) in [6, 6.07) is 60.9. The average molecular weight is 1100 g/mol. The largest absolute Gasteiger partial charge is 0.311 e. The zero-order valence-corrected chi connectivity index (χ0v) is 53.2. The van der Waals surface area contributed by atoms with Crippen LogP contribution in [0.3, 0.4) is 0 Å². The van der Waals surface area contributed by atoms with Gasteiger partial charge in [-0.25, -0.2) is 0 Å². The van der Waals surface area contributed by atoms with E-state index in [1.165, 1.54) is 135 Å². The number of anilines is 6. The van der Waals surface area contributed by atoms with Crippen molar-refractivity contribution in [3.8, 4) is 11.1 Å². The first kappa shape index (κ1) is 54.9. The monoisotopic (exact) mass is 1090 g/mol. The van der Waals surface area contributed by atoms with Gasteiger partial charge in [-0.2, -0.15) is 0 Å². The Kier molecular flexibility index (Phi) is 12.4. The molecule has 4 heteroatoms. The number of thiophene rings is 1. The van der Waals surface area contributed by atoms with Crippen molar-refractivity contribution in [2.45, 2.75) is 188 Å². The standard InChI is InChI=1S/C78H87BN2S/c1-72(2,3)49-25-31-54(32-26-49)80(55-33-27-50(28-34-55)73(4,5)6)56-45-60-61-47-77(16)39-21-22-40-78(77,17)62-42-53(76(13,14)15)43-63(68(61)62)79-69(60)66(46-56)81(64-37-30-51(74(7,8)9)41-59(64)48-23-19-18-20-24-48)65-38-36-58-57-35-29-52(75(10,11)12)44-67(57)82-71(58)70(65)79/h18-20,23-38,41-46,61H,21-22,39-40,47H2,1-17H3. The van der Waals surface area contributed by atoms with Crippen molar-refractivity contribution < 1.29 is 0 Å². The van der Waals surface area contributed by atoms with E-state index in [-0.39, 0.29) is 50.5 Å². The first-order valence-corrected chi connectivity index (χ1v) is 31.7. The Morgan fingerprint density at radius 2 is 1.04 bits per heavy atom. The summed E-state index contributed by atoms with van der Waals surface area (Å²) in [6.07, 6.45) is 6.19. The smallest absolute Gasteiger partial charge is 0.249 e. The SMILES string of the molecule is CC(C)(C)c1ccc(N(c2ccc(C(C)(C)C)cc2)c2cc3c4c(c2)N(c2ccc(C(C)(C)C)cc2-c2ccccc2)c2ccc5c(sc6cc(C(C)(C)C)ccc65)c2B4c2cc(C(C)(C)C)cc4c2C3CC2(C)CCCCC42C)cc1. The van der Waals surface area contributed by atoms with E-state index < -0.39 is 0 Å². The van der Waals surface area contributed by atoms with Crippen LogP contribution < -0.4 is 26.2 Å². The maximum Gasteiger partial charge on any atom is 0.249 e. The second-order valence-electron chi connectivity index (χ2n) is 31.1. The number of rotatable bonds is 5. The van der Waals surface area contributed by atoms with E-state index in [1.807, 2.05) is 11.3 Å². The van der Waals surface area contributed by atoms with Crippen molar-refractivity contribution in [1.29, 1.82) is 0 Å². The van der Waals surface area contributed by atoms with Crippen molar-refractivity contribution >= 4 is 88.7 Å². The van der Waals surface area contributed by atoms with Gasteiger partial charge in [0.1, 0.15) is 0 Å². The highest BCUT2D eigenvalue weighted by molar-refractivity contribution is 7.28. The first-order chi connectivity index (χ1) is 38.5. The highest BCUT2D eigenvalue weighted by atomic mass is 32.1. The molecule has 3 unspecified atom stereocenters. The second kappa shape index (κ2) is 18.6. The molecule has 0 bridgehead atoms. The molecule has 2 nitrogen and oxygen atoms in total. The predicted molar refractivity (Wildman–Crippen MR) is 359 cm³/mol. The first-order valence-electron chi connectivity index (χ1n) is 30.9. The Morgan fingerprint density at radius 1 is 0.488 bits per heavy atom. The number of benzene rings is 8. The molecule has 82 heavy (non-hydrogen) atoms. The van der Waals surface area contributed by atoms with E-state index >= 15 is 0 Å². The third-order valence-corrected chi connectivity index (χ3v) is 21.7. The van der Waals surface area contributed by atoms with Crippen LogP contribution in [-0.4, -0.2) is 6.71 Å². The van der Waals surface area contributed by atoms with Crippen LogP contribution in [0.15, 0.2) is 152 Å². The summed E-state index contributed by atoms with van der Waals surface area (Å²) in [5.41, 5.74) is 26.1. The van der Waals surface area contributed by atoms with Gasteiger partial charge in [0.25, 0.3) is 0 Å². The van der Waals surface area contributed by atoms with Gasteiger partial charge in [0.15, 0.2) is 0 Å². The number of nitrogens with zero attached hydrogens (tertiary/aromatic N) is 2. The minimum atomic E-state index is -0.0519. The highest BCUT2D eigenvalue weighted by Gasteiger charge is 2.57. The van der Waals surface area contributed by atoms with E-state index in [0.29, 0.717) is 0 Å². The quantitative estimate of drug-likeness (QED) is 0.159. The molecule has 13 rings (SSSR count). The molecule has 2 aliphatic carbocycles. The van der Waals surface area contributed by atoms with Crippen LogP contribution in [0.5, 0.6) is 0 Å². The molecule has 1 saturated carbocycles. The normalized spacial score (nSPS) is 19.7. The Balaban J connectivity index is 1.21. The zero-order chi connectivity index (χ0) is 58.0. The van der Waals surface area contributed by atoms with Gasteiger partial charge >= 0.3 is 0 Å². The van der Waals surface area contributed by atoms with Gasteiger partial charge in [-0.05, 0) is 184 Å². The van der Waals surface area contributed by atoms with Crippen molar-refractivity contribution in [3.63, 3.8) is 0 Å². The van der Waals surface area contributed by atoms with E-state index in [0.717, 1.165) is 6.42 Å². The summed E-state index contributed by atoms with van der Waals surface area (Å²) in [7, 11) is 0. The molecule has 8 aromatic carbocycles. The molecule has 1 aromatic heterocycles. The summed E-state index contributed by atoms with van der Waals surface area (Å²) in [5, 5.41) is 2.73. The van der Waals surface area contributed by atoms with Crippen LogP contribution in [0.1, 0.15) is 200 Å². The number of fused-ring (bicyclic) bond motifs is 10. The number of hydrogen-bond donors (Lipinski definition) is 0. The summed E-state index contributed by atoms with van der Waals surface area (Å²) in [5.74, 6) is 0.213. The molecule has 2 aliphatic heterocycles. The fourth-order valence-corrected chi connectivity index (χ4v) is 16.6. The van der Waals surface area contributed by atoms with Gasteiger partial charge in [-0.3, -0.25) is 0 Å². The molecule has 4 aliphatic rings. The third-order valence-electron chi connectivity index (χ3n) is 20.5. The van der Waals surface area contributed by atoms with Crippen LogP contribution in [0.4, 0.5) is 34.1 Å². The molecule has 0 spiro atoms. The van der Waals surface area contributed by atoms with Crippen LogP contribution in [0.25, 0.3) is 31.3 Å². The lowest BCUT2D eigenvalue weighted by Gasteiger charge is -2.59. The maximum absolute atomic E-state index is 2.76. The number of hydrogen-bond acceptors (Lipinski definition) is 3. The van der Waals surface area contributed by atoms with Crippen molar-refractivity contribution in [2.75, 3.05) is 9.80 Å². The lowest BCUT2D eigenvalue weighted by atomic mass is 9.29. The van der Waals surface area contributed by atoms with Gasteiger partial charge in [0, 0.05) is 54.7 Å². The molecule has 0 saturated heterocycles. The van der Waals surface area contributed by atoms with Crippen LogP contribution in [-0.2, 0) is 32.5 Å². The third kappa shape index (κ3) is 8.68. The summed E-state index contributed by atoms with van der Waals surface area (Å²) in [4.78, 5) is 5.35. The van der Waals surface area contributed by atoms with Crippen molar-refractivity contribution in [2.24, 2.45) is 5.41 Å². The summed E-state index contributed by atoms with van der Waals surface area (Å²) >= 11 is 2.03. The second-order valence-corrected chi connectivity index (χ2v) is 32.1. The molecule has 3 heterocycles. The molecule has 0 amide bonds. The molecular weight excluding hydrogens is 1010 g/mol. The Hall–Kier alpha value is -6.36. The predicted octanol–water partition coefficient (Wildman–Crippen LogP) is 20.7. The zero-order valence-electron chi connectivity index (χ0n) is 52.4. The lowest BCUT2D eigenvalue weighted by molar-refractivity contribution is 0.0602. The average Bonchev–Trinajstić information content (AvgIpc) is 1.67. The Morgan fingerprint density at radius 3 is 1.65 bits per heavy atom. The minimum absolute atomic E-state index is 0.00704. The van der Waals surface area contributed by atoms with E-state index in [1.54, 1.807) is 16.6 Å².